The Bertz CT molecular complexity index is 604. The summed E-state index contributed by atoms with van der Waals surface area (Å²) in [5.74, 6) is -0.421. The van der Waals surface area contributed by atoms with E-state index in [0.717, 1.165) is 10.0 Å². The molecule has 0 aliphatic heterocycles. The maximum absolute atomic E-state index is 11.5. The molecule has 5 nitrogen and oxygen atoms in total. The van der Waals surface area contributed by atoms with Gasteiger partial charge in [-0.2, -0.15) is 0 Å². The molecule has 0 fully saturated rings. The van der Waals surface area contributed by atoms with Crippen molar-refractivity contribution >= 4 is 26.1 Å². The number of amides is 1. The Morgan fingerprint density at radius 3 is 2.53 bits per heavy atom. The van der Waals surface area contributed by atoms with E-state index < -0.39 is 5.91 Å². The van der Waals surface area contributed by atoms with Gasteiger partial charge in [-0.3, -0.25) is 0 Å². The molecule has 0 unspecified atom stereocenters. The van der Waals surface area contributed by atoms with Crippen molar-refractivity contribution < 1.29 is 4.79 Å². The fourth-order valence-corrected chi connectivity index (χ4v) is 3.51. The molecule has 0 atom stereocenters. The second-order valence-corrected chi connectivity index (χ2v) is 6.30. The third-order valence-electron chi connectivity index (χ3n) is 2.33. The van der Waals surface area contributed by atoms with E-state index >= 15 is 0 Å². The normalized spacial score (nSPS) is 10.8. The number of benzene rings is 1. The van der Waals surface area contributed by atoms with Crippen LogP contribution in [-0.2, 0) is 0 Å². The first-order chi connectivity index (χ1) is 9.08. The number of carbonyl (C=O) groups excluding carboxylic acids is 1. The van der Waals surface area contributed by atoms with E-state index in [1.807, 2.05) is 36.4 Å². The van der Waals surface area contributed by atoms with Gasteiger partial charge >= 0.3 is 117 Å². The van der Waals surface area contributed by atoms with Crippen LogP contribution in [0, 0.1) is 0 Å². The van der Waals surface area contributed by atoms with Crippen molar-refractivity contribution in [3.8, 4) is 10.0 Å². The second kappa shape index (κ2) is 5.82. The summed E-state index contributed by atoms with van der Waals surface area (Å²) in [6.07, 6.45) is 0. The standard InChI is InChI=1S/C13H14N4OSe/c1-17(2)16-15-10-8-11(19-12(10)13(14)18)9-6-4-3-5-7-9/h3-8H,1-2H3,(H2,14,18)/b16-15+. The molecule has 1 amide bonds. The number of carbonyl (C=O) groups is 1. The maximum atomic E-state index is 11.5. The summed E-state index contributed by atoms with van der Waals surface area (Å²) < 4.78 is 1.66. The zero-order valence-electron chi connectivity index (χ0n) is 10.7. The minimum absolute atomic E-state index is 0.117. The Balaban J connectivity index is 2.44. The van der Waals surface area contributed by atoms with Gasteiger partial charge in [0.05, 0.1) is 0 Å². The Morgan fingerprint density at radius 2 is 1.95 bits per heavy atom. The van der Waals surface area contributed by atoms with Gasteiger partial charge in [0.15, 0.2) is 0 Å². The molecule has 0 saturated heterocycles. The first-order valence-corrected chi connectivity index (χ1v) is 7.37. The number of primary amides is 1. The Hall–Kier alpha value is -1.91. The van der Waals surface area contributed by atoms with Crippen LogP contribution in [0.5, 0.6) is 0 Å². The Labute approximate surface area is 117 Å². The van der Waals surface area contributed by atoms with E-state index in [1.54, 1.807) is 19.1 Å². The van der Waals surface area contributed by atoms with Gasteiger partial charge < -0.3 is 0 Å². The molecule has 0 bridgehead atoms. The number of nitrogens with zero attached hydrogens (tertiary/aromatic N) is 3. The van der Waals surface area contributed by atoms with Crippen LogP contribution in [0.25, 0.3) is 10.0 Å². The molecular weight excluding hydrogens is 307 g/mol. The molecule has 0 radical (unpaired) electrons. The molecule has 2 aromatic rings. The van der Waals surface area contributed by atoms with Gasteiger partial charge in [-0.25, -0.2) is 0 Å². The topological polar surface area (TPSA) is 71.1 Å². The van der Waals surface area contributed by atoms with Crippen LogP contribution in [0.15, 0.2) is 46.7 Å². The third kappa shape index (κ3) is 3.30. The van der Waals surface area contributed by atoms with Crippen molar-refractivity contribution in [1.29, 1.82) is 0 Å². The van der Waals surface area contributed by atoms with Crippen molar-refractivity contribution in [2.75, 3.05) is 14.1 Å². The third-order valence-corrected chi connectivity index (χ3v) is 4.82. The average molecular weight is 321 g/mol. The van der Waals surface area contributed by atoms with Gasteiger partial charge in [-0.1, -0.05) is 0 Å². The fourth-order valence-electron chi connectivity index (χ4n) is 1.51. The van der Waals surface area contributed by atoms with Crippen LogP contribution in [-0.4, -0.2) is 39.5 Å². The molecule has 0 aliphatic carbocycles. The first-order valence-electron chi connectivity index (χ1n) is 5.66. The molecule has 0 spiro atoms. The zero-order chi connectivity index (χ0) is 13.8. The summed E-state index contributed by atoms with van der Waals surface area (Å²) in [5.41, 5.74) is 7.07. The van der Waals surface area contributed by atoms with Crippen molar-refractivity contribution in [1.82, 2.24) is 5.01 Å². The van der Waals surface area contributed by atoms with Crippen LogP contribution < -0.4 is 5.73 Å². The van der Waals surface area contributed by atoms with Crippen molar-refractivity contribution in [2.24, 2.45) is 16.1 Å². The predicted octanol–water partition coefficient (Wildman–Crippen LogP) is 2.07. The fraction of sp³-hybridized carbons (Fsp3) is 0.154. The van der Waals surface area contributed by atoms with Crippen molar-refractivity contribution in [2.45, 2.75) is 0 Å². The molecule has 1 aromatic heterocycles. The second-order valence-electron chi connectivity index (χ2n) is 4.09. The van der Waals surface area contributed by atoms with E-state index in [2.05, 4.69) is 10.3 Å². The molecule has 6 heteroatoms. The van der Waals surface area contributed by atoms with Gasteiger partial charge in [0.25, 0.3) is 0 Å². The molecule has 19 heavy (non-hydrogen) atoms. The van der Waals surface area contributed by atoms with Crippen LogP contribution in [0.2, 0.25) is 0 Å². The predicted molar refractivity (Wildman–Crippen MR) is 75.5 cm³/mol. The summed E-state index contributed by atoms with van der Waals surface area (Å²) in [7, 11) is 3.55. The van der Waals surface area contributed by atoms with Crippen molar-refractivity contribution in [3.63, 3.8) is 0 Å². The van der Waals surface area contributed by atoms with Crippen molar-refractivity contribution in [3.05, 3.63) is 40.8 Å². The molecule has 98 valence electrons. The summed E-state index contributed by atoms with van der Waals surface area (Å²) in [4.78, 5) is 11.5. The minimum atomic E-state index is -0.421. The van der Waals surface area contributed by atoms with E-state index in [9.17, 15) is 4.79 Å². The number of hydrogen-bond donors (Lipinski definition) is 1. The van der Waals surface area contributed by atoms with E-state index in [1.165, 1.54) is 0 Å². The molecule has 2 rings (SSSR count). The summed E-state index contributed by atoms with van der Waals surface area (Å²) >= 11 is -0.117. The average Bonchev–Trinajstić information content (AvgIpc) is 2.81. The molecular formula is C13H14N4OSe. The molecule has 0 saturated carbocycles. The van der Waals surface area contributed by atoms with Gasteiger partial charge in [0, 0.05) is 0 Å². The number of rotatable bonds is 4. The SMILES string of the molecule is CN(C)/N=N/c1cc(-c2ccccc2)[se]c1C(N)=O. The zero-order valence-corrected chi connectivity index (χ0v) is 12.4. The summed E-state index contributed by atoms with van der Waals surface area (Å²) in [6.45, 7) is 0. The van der Waals surface area contributed by atoms with Gasteiger partial charge in [-0.05, 0) is 0 Å². The van der Waals surface area contributed by atoms with E-state index in [0.29, 0.717) is 10.1 Å². The molecule has 1 heterocycles. The van der Waals surface area contributed by atoms with Crippen LogP contribution in [0.3, 0.4) is 0 Å². The Kier molecular flexibility index (Phi) is 4.14. The van der Waals surface area contributed by atoms with Gasteiger partial charge in [0.2, 0.25) is 0 Å². The van der Waals surface area contributed by atoms with Crippen LogP contribution >= 0.6 is 0 Å². The van der Waals surface area contributed by atoms with Gasteiger partial charge in [-0.15, -0.1) is 0 Å². The first kappa shape index (κ1) is 13.5. The number of nitrogens with two attached hydrogens (primary N) is 1. The van der Waals surface area contributed by atoms with E-state index in [-0.39, 0.29) is 14.5 Å². The van der Waals surface area contributed by atoms with Crippen LogP contribution in [0.1, 0.15) is 9.23 Å². The van der Waals surface area contributed by atoms with Gasteiger partial charge in [0.1, 0.15) is 0 Å². The quantitative estimate of drug-likeness (QED) is 0.532. The molecule has 1 aromatic carbocycles. The summed E-state index contributed by atoms with van der Waals surface area (Å²) in [6, 6.07) is 11.8. The van der Waals surface area contributed by atoms with Crippen LogP contribution in [0.4, 0.5) is 5.69 Å². The molecule has 0 aliphatic rings. The van der Waals surface area contributed by atoms with E-state index in [4.69, 9.17) is 5.73 Å². The monoisotopic (exact) mass is 322 g/mol. The molecule has 2 N–H and O–H groups in total. The Morgan fingerprint density at radius 1 is 1.26 bits per heavy atom. The summed E-state index contributed by atoms with van der Waals surface area (Å²) in [5, 5.41) is 9.57. The number of hydrogen-bond acceptors (Lipinski definition) is 3.